The fourth-order valence-corrected chi connectivity index (χ4v) is 5.12. The van der Waals surface area contributed by atoms with Gasteiger partial charge in [-0.2, -0.15) is 0 Å². The number of methoxy groups -OCH3 is 1. The Bertz CT molecular complexity index is 1370. The molecule has 8 heteroatoms. The Kier molecular flexibility index (Phi) is 5.40. The predicted molar refractivity (Wildman–Crippen MR) is 116 cm³/mol. The van der Waals surface area contributed by atoms with E-state index in [1.54, 1.807) is 24.3 Å². The monoisotopic (exact) mass is 461 g/mol. The molecule has 0 amide bonds. The number of benzene rings is 3. The summed E-state index contributed by atoms with van der Waals surface area (Å²) in [6, 6.07) is 14.9. The normalized spacial score (nSPS) is 11.6. The van der Waals surface area contributed by atoms with Gasteiger partial charge in [-0.3, -0.25) is 4.98 Å². The van der Waals surface area contributed by atoms with Crippen LogP contribution in [0.25, 0.3) is 22.0 Å². The highest BCUT2D eigenvalue weighted by atomic mass is 35.5. The molecule has 3 aromatic carbocycles. The van der Waals surface area contributed by atoms with E-state index in [1.807, 2.05) is 0 Å². The van der Waals surface area contributed by atoms with Crippen molar-refractivity contribution in [3.05, 3.63) is 82.7 Å². The highest BCUT2D eigenvalue weighted by molar-refractivity contribution is 7.91. The van der Waals surface area contributed by atoms with Crippen LogP contribution in [0.2, 0.25) is 10.0 Å². The summed E-state index contributed by atoms with van der Waals surface area (Å²) < 4.78 is 46.2. The Morgan fingerprint density at radius 1 is 0.967 bits per heavy atom. The highest BCUT2D eigenvalue weighted by Gasteiger charge is 2.25. The molecule has 1 aromatic heterocycles. The number of fused-ring (bicyclic) bond motifs is 1. The Labute approximate surface area is 182 Å². The van der Waals surface area contributed by atoms with Gasteiger partial charge in [-0.25, -0.2) is 12.8 Å². The third kappa shape index (κ3) is 3.62. The number of nitrogens with zero attached hydrogens (tertiary/aromatic N) is 1. The molecule has 0 bridgehead atoms. The van der Waals surface area contributed by atoms with E-state index in [0.717, 1.165) is 0 Å². The third-order valence-corrected chi connectivity index (χ3v) is 6.96. The maximum atomic E-state index is 14.1. The van der Waals surface area contributed by atoms with Gasteiger partial charge in [0, 0.05) is 22.2 Å². The zero-order valence-electron chi connectivity index (χ0n) is 15.6. The lowest BCUT2D eigenvalue weighted by Gasteiger charge is -2.14. The zero-order chi connectivity index (χ0) is 21.5. The minimum Gasteiger partial charge on any atom is -0.495 e. The van der Waals surface area contributed by atoms with Crippen LogP contribution in [0.1, 0.15) is 0 Å². The van der Waals surface area contributed by atoms with Crippen LogP contribution in [-0.4, -0.2) is 20.5 Å². The smallest absolute Gasteiger partial charge is 0.208 e. The van der Waals surface area contributed by atoms with Crippen molar-refractivity contribution in [1.82, 2.24) is 4.98 Å². The summed E-state index contributed by atoms with van der Waals surface area (Å²) in [7, 11) is -2.60. The van der Waals surface area contributed by atoms with Crippen molar-refractivity contribution in [2.24, 2.45) is 0 Å². The minimum absolute atomic E-state index is 0.0268. The number of ether oxygens (including phenoxy) is 1. The van der Waals surface area contributed by atoms with Gasteiger partial charge in [0.2, 0.25) is 9.84 Å². The first-order valence-electron chi connectivity index (χ1n) is 8.74. The molecular weight excluding hydrogens is 448 g/mol. The number of hydrogen-bond donors (Lipinski definition) is 0. The minimum atomic E-state index is -4.04. The second-order valence-corrected chi connectivity index (χ2v) is 9.23. The number of rotatable bonds is 4. The van der Waals surface area contributed by atoms with Crippen LogP contribution >= 0.6 is 23.2 Å². The molecule has 0 saturated heterocycles. The summed E-state index contributed by atoms with van der Waals surface area (Å²) in [5, 5.41) is 1.03. The molecule has 152 valence electrons. The first kappa shape index (κ1) is 20.6. The molecule has 30 heavy (non-hydrogen) atoms. The Morgan fingerprint density at radius 3 is 2.37 bits per heavy atom. The number of halogens is 3. The van der Waals surface area contributed by atoms with Crippen molar-refractivity contribution in [1.29, 1.82) is 0 Å². The molecule has 0 aliphatic heterocycles. The lowest BCUT2D eigenvalue weighted by atomic mass is 10.0. The van der Waals surface area contributed by atoms with Gasteiger partial charge >= 0.3 is 0 Å². The van der Waals surface area contributed by atoms with Gasteiger partial charge in [0.15, 0.2) is 0 Å². The summed E-state index contributed by atoms with van der Waals surface area (Å²) in [5.41, 5.74) is 1.37. The molecular formula is C22H14Cl2FNO3S. The summed E-state index contributed by atoms with van der Waals surface area (Å²) in [6.45, 7) is 0. The molecule has 4 nitrogen and oxygen atoms in total. The van der Waals surface area contributed by atoms with Crippen molar-refractivity contribution in [3.8, 4) is 16.9 Å². The number of pyridine rings is 1. The van der Waals surface area contributed by atoms with Crippen molar-refractivity contribution < 1.29 is 17.5 Å². The van der Waals surface area contributed by atoms with E-state index in [4.69, 9.17) is 27.9 Å². The van der Waals surface area contributed by atoms with Gasteiger partial charge in [-0.1, -0.05) is 35.3 Å². The van der Waals surface area contributed by atoms with Crippen LogP contribution < -0.4 is 4.74 Å². The van der Waals surface area contributed by atoms with E-state index in [2.05, 4.69) is 4.98 Å². The van der Waals surface area contributed by atoms with E-state index >= 15 is 0 Å². The van der Waals surface area contributed by atoms with Gasteiger partial charge in [0.25, 0.3) is 0 Å². The van der Waals surface area contributed by atoms with Crippen molar-refractivity contribution in [2.75, 3.05) is 7.11 Å². The standard InChI is InChI=1S/C22H14Cl2FNO3S/c1-29-20-9-7-16(11-18(20)24)30(27,28)21-12-26-19-8-6-15(25)10-17(19)22(21)13-2-4-14(23)5-3-13/h2-12H,1H3. The van der Waals surface area contributed by atoms with E-state index in [-0.39, 0.29) is 14.8 Å². The van der Waals surface area contributed by atoms with E-state index in [9.17, 15) is 12.8 Å². The number of sulfone groups is 1. The SMILES string of the molecule is COc1ccc(S(=O)(=O)c2cnc3ccc(F)cc3c2-c2ccc(Cl)cc2)cc1Cl. The predicted octanol–water partition coefficient (Wildman–Crippen LogP) is 6.19. The van der Waals surface area contributed by atoms with E-state index in [0.29, 0.717) is 32.8 Å². The molecule has 0 aliphatic carbocycles. The quantitative estimate of drug-likeness (QED) is 0.363. The zero-order valence-corrected chi connectivity index (χ0v) is 17.9. The second-order valence-electron chi connectivity index (χ2n) is 6.47. The maximum Gasteiger partial charge on any atom is 0.208 e. The van der Waals surface area contributed by atoms with Crippen LogP contribution in [0, 0.1) is 5.82 Å². The van der Waals surface area contributed by atoms with E-state index < -0.39 is 15.7 Å². The lowest BCUT2D eigenvalue weighted by Crippen LogP contribution is -2.06. The van der Waals surface area contributed by atoms with Crippen LogP contribution in [0.5, 0.6) is 5.75 Å². The molecule has 0 unspecified atom stereocenters. The summed E-state index contributed by atoms with van der Waals surface area (Å²) in [4.78, 5) is 4.15. The summed E-state index contributed by atoms with van der Waals surface area (Å²) >= 11 is 12.1. The number of aromatic nitrogens is 1. The Balaban J connectivity index is 2.04. The van der Waals surface area contributed by atoms with Crippen molar-refractivity contribution in [3.63, 3.8) is 0 Å². The van der Waals surface area contributed by atoms with Gasteiger partial charge in [0.05, 0.1) is 27.4 Å². The van der Waals surface area contributed by atoms with Gasteiger partial charge < -0.3 is 4.74 Å². The Morgan fingerprint density at radius 2 is 1.70 bits per heavy atom. The molecule has 0 aliphatic rings. The van der Waals surface area contributed by atoms with Crippen LogP contribution in [0.15, 0.2) is 76.7 Å². The molecule has 0 N–H and O–H groups in total. The first-order valence-corrected chi connectivity index (χ1v) is 11.0. The van der Waals surface area contributed by atoms with Gasteiger partial charge in [-0.05, 0) is 54.1 Å². The van der Waals surface area contributed by atoms with E-state index in [1.165, 1.54) is 49.7 Å². The van der Waals surface area contributed by atoms with Gasteiger partial charge in [0.1, 0.15) is 11.6 Å². The third-order valence-electron chi connectivity index (χ3n) is 4.65. The molecule has 4 rings (SSSR count). The molecule has 0 fully saturated rings. The summed E-state index contributed by atoms with van der Waals surface area (Å²) in [5.74, 6) is -0.145. The second kappa shape index (κ2) is 7.87. The molecule has 1 heterocycles. The van der Waals surface area contributed by atoms with Crippen molar-refractivity contribution >= 4 is 43.9 Å². The van der Waals surface area contributed by atoms with Crippen LogP contribution in [-0.2, 0) is 9.84 Å². The average Bonchev–Trinajstić information content (AvgIpc) is 2.73. The first-order chi connectivity index (χ1) is 14.3. The fraction of sp³-hybridized carbons (Fsp3) is 0.0455. The molecule has 0 atom stereocenters. The maximum absolute atomic E-state index is 14.1. The summed E-state index contributed by atoms with van der Waals surface area (Å²) in [6.07, 6.45) is 1.28. The fourth-order valence-electron chi connectivity index (χ4n) is 3.21. The number of hydrogen-bond acceptors (Lipinski definition) is 4. The largest absolute Gasteiger partial charge is 0.495 e. The molecule has 0 spiro atoms. The highest BCUT2D eigenvalue weighted by Crippen LogP contribution is 2.38. The van der Waals surface area contributed by atoms with Crippen LogP contribution in [0.3, 0.4) is 0 Å². The topological polar surface area (TPSA) is 56.3 Å². The molecule has 0 saturated carbocycles. The van der Waals surface area contributed by atoms with Crippen molar-refractivity contribution in [2.45, 2.75) is 9.79 Å². The molecule has 0 radical (unpaired) electrons. The van der Waals surface area contributed by atoms with Gasteiger partial charge in [-0.15, -0.1) is 0 Å². The average molecular weight is 462 g/mol. The Hall–Kier alpha value is -2.67. The molecule has 4 aromatic rings. The van der Waals surface area contributed by atoms with Crippen LogP contribution in [0.4, 0.5) is 4.39 Å². The lowest BCUT2D eigenvalue weighted by molar-refractivity contribution is 0.414.